The predicted molar refractivity (Wildman–Crippen MR) is 96.4 cm³/mol. The van der Waals surface area contributed by atoms with Crippen LogP contribution in [0.25, 0.3) is 0 Å². The Labute approximate surface area is 146 Å². The van der Waals surface area contributed by atoms with Gasteiger partial charge in [0, 0.05) is 5.92 Å². The van der Waals surface area contributed by atoms with Gasteiger partial charge in [0.15, 0.2) is 9.84 Å². The number of nitrogens with one attached hydrogen (secondary N) is 1. The number of rotatable bonds is 6. The molecule has 2 atom stereocenters. The summed E-state index contributed by atoms with van der Waals surface area (Å²) in [5.74, 6) is -1.88. The lowest BCUT2D eigenvalue weighted by Gasteiger charge is -2.22. The molecule has 2 unspecified atom stereocenters. The third-order valence-corrected chi connectivity index (χ3v) is 5.83. The number of carbonyl (C=O) groups excluding carboxylic acids is 1. The quantitative estimate of drug-likeness (QED) is 0.816. The second-order valence-electron chi connectivity index (χ2n) is 6.05. The molecule has 25 heavy (non-hydrogen) atoms. The topological polar surface area (TPSA) is 102 Å². The van der Waals surface area contributed by atoms with Crippen LogP contribution in [-0.4, -0.2) is 25.9 Å². The fourth-order valence-corrected chi connectivity index (χ4v) is 4.78. The van der Waals surface area contributed by atoms with Crippen LogP contribution in [0.1, 0.15) is 17.0 Å². The standard InChI is InChI=1S/C18H19N3O3S/c19-17-16(18(22)21-20-17)15(14-9-5-2-6-10-14)12-25(23,24)11-13-7-3-1-4-8-13/h1-10,15-16H,11-12H2,(H2,19,20)(H,21,22). The number of nitrogens with two attached hydrogens (primary N) is 1. The Morgan fingerprint density at radius 2 is 1.64 bits per heavy atom. The first-order chi connectivity index (χ1) is 12.0. The highest BCUT2D eigenvalue weighted by atomic mass is 32.2. The molecule has 1 aliphatic heterocycles. The summed E-state index contributed by atoms with van der Waals surface area (Å²) in [5, 5.41) is 3.76. The highest BCUT2D eigenvalue weighted by Crippen LogP contribution is 2.30. The number of sulfone groups is 1. The van der Waals surface area contributed by atoms with Gasteiger partial charge in [-0.3, -0.25) is 4.79 Å². The molecule has 7 heteroatoms. The Hall–Kier alpha value is -2.67. The van der Waals surface area contributed by atoms with Crippen molar-refractivity contribution in [2.75, 3.05) is 5.75 Å². The number of benzene rings is 2. The summed E-state index contributed by atoms with van der Waals surface area (Å²) in [6.07, 6.45) is 0. The van der Waals surface area contributed by atoms with Crippen LogP contribution in [0.4, 0.5) is 0 Å². The van der Waals surface area contributed by atoms with Crippen molar-refractivity contribution in [2.45, 2.75) is 11.7 Å². The van der Waals surface area contributed by atoms with Crippen LogP contribution in [0.2, 0.25) is 0 Å². The van der Waals surface area contributed by atoms with E-state index in [1.54, 1.807) is 24.3 Å². The third kappa shape index (κ3) is 4.06. The molecule has 3 N–H and O–H groups in total. The van der Waals surface area contributed by atoms with Crippen molar-refractivity contribution in [2.24, 2.45) is 16.8 Å². The minimum atomic E-state index is -3.46. The molecule has 0 aliphatic carbocycles. The molecule has 0 spiro atoms. The van der Waals surface area contributed by atoms with Crippen LogP contribution in [0.5, 0.6) is 0 Å². The molecule has 0 radical (unpaired) electrons. The van der Waals surface area contributed by atoms with Crippen molar-refractivity contribution in [1.82, 2.24) is 5.43 Å². The lowest BCUT2D eigenvalue weighted by atomic mass is 9.86. The van der Waals surface area contributed by atoms with Crippen LogP contribution >= 0.6 is 0 Å². The monoisotopic (exact) mass is 357 g/mol. The van der Waals surface area contributed by atoms with Crippen LogP contribution in [0.3, 0.4) is 0 Å². The first-order valence-corrected chi connectivity index (χ1v) is 9.70. The maximum absolute atomic E-state index is 12.7. The van der Waals surface area contributed by atoms with E-state index >= 15 is 0 Å². The van der Waals surface area contributed by atoms with Gasteiger partial charge in [0.2, 0.25) is 0 Å². The van der Waals surface area contributed by atoms with Gasteiger partial charge >= 0.3 is 0 Å². The Bertz CT molecular complexity index is 880. The average molecular weight is 357 g/mol. The number of hydrogen-bond acceptors (Lipinski definition) is 5. The molecule has 1 heterocycles. The van der Waals surface area contributed by atoms with E-state index in [2.05, 4.69) is 10.5 Å². The molecule has 0 fully saturated rings. The van der Waals surface area contributed by atoms with Crippen molar-refractivity contribution >= 4 is 21.6 Å². The zero-order chi connectivity index (χ0) is 17.9. The lowest BCUT2D eigenvalue weighted by molar-refractivity contribution is -0.122. The summed E-state index contributed by atoms with van der Waals surface area (Å²) in [6, 6.07) is 18.1. The van der Waals surface area contributed by atoms with Crippen molar-refractivity contribution < 1.29 is 13.2 Å². The zero-order valence-corrected chi connectivity index (χ0v) is 14.3. The molecule has 0 saturated carbocycles. The molecule has 3 rings (SSSR count). The smallest absolute Gasteiger partial charge is 0.251 e. The molecule has 0 bridgehead atoms. The molecule has 1 aliphatic rings. The largest absolute Gasteiger partial charge is 0.385 e. The van der Waals surface area contributed by atoms with Gasteiger partial charge in [-0.25, -0.2) is 13.8 Å². The molecule has 6 nitrogen and oxygen atoms in total. The van der Waals surface area contributed by atoms with E-state index in [9.17, 15) is 13.2 Å². The minimum absolute atomic E-state index is 0.0808. The molecule has 1 amide bonds. The number of amides is 1. The van der Waals surface area contributed by atoms with E-state index in [0.29, 0.717) is 5.56 Å². The molecule has 0 aromatic heterocycles. The Balaban J connectivity index is 1.90. The van der Waals surface area contributed by atoms with Gasteiger partial charge < -0.3 is 5.73 Å². The third-order valence-electron chi connectivity index (χ3n) is 4.19. The molecular weight excluding hydrogens is 338 g/mol. The summed E-state index contributed by atoms with van der Waals surface area (Å²) in [6.45, 7) is 0. The molecule has 2 aromatic carbocycles. The summed E-state index contributed by atoms with van der Waals surface area (Å²) in [4.78, 5) is 12.1. The van der Waals surface area contributed by atoms with Crippen LogP contribution in [0, 0.1) is 5.92 Å². The van der Waals surface area contributed by atoms with E-state index in [1.807, 2.05) is 36.4 Å². The molecule has 0 saturated heterocycles. The van der Waals surface area contributed by atoms with Gasteiger partial charge in [0.25, 0.3) is 5.91 Å². The lowest BCUT2D eigenvalue weighted by Crippen LogP contribution is -2.36. The summed E-state index contributed by atoms with van der Waals surface area (Å²) >= 11 is 0. The fraction of sp³-hybridized carbons (Fsp3) is 0.222. The first kappa shape index (κ1) is 17.2. The number of hydrazone groups is 1. The predicted octanol–water partition coefficient (Wildman–Crippen LogP) is 1.40. The minimum Gasteiger partial charge on any atom is -0.385 e. The van der Waals surface area contributed by atoms with Gasteiger partial charge in [-0.05, 0) is 11.1 Å². The van der Waals surface area contributed by atoms with Gasteiger partial charge in [-0.2, -0.15) is 5.10 Å². The van der Waals surface area contributed by atoms with E-state index in [-0.39, 0.29) is 23.2 Å². The second-order valence-corrected chi connectivity index (χ2v) is 8.16. The van der Waals surface area contributed by atoms with E-state index in [0.717, 1.165) is 5.56 Å². The highest BCUT2D eigenvalue weighted by Gasteiger charge is 2.39. The van der Waals surface area contributed by atoms with Crippen molar-refractivity contribution in [3.63, 3.8) is 0 Å². The van der Waals surface area contributed by atoms with E-state index in [4.69, 9.17) is 5.73 Å². The summed E-state index contributed by atoms with van der Waals surface area (Å²) in [7, 11) is -3.46. The highest BCUT2D eigenvalue weighted by molar-refractivity contribution is 7.90. The van der Waals surface area contributed by atoms with Crippen molar-refractivity contribution in [1.29, 1.82) is 0 Å². The van der Waals surface area contributed by atoms with Gasteiger partial charge in [0.1, 0.15) is 11.8 Å². The Kier molecular flexibility index (Phi) is 4.85. The second kappa shape index (κ2) is 7.06. The number of amidine groups is 1. The summed E-state index contributed by atoms with van der Waals surface area (Å²) in [5.41, 5.74) is 9.65. The maximum Gasteiger partial charge on any atom is 0.251 e. The normalized spacial score (nSPS) is 18.5. The van der Waals surface area contributed by atoms with Gasteiger partial charge in [0.05, 0.1) is 11.5 Å². The van der Waals surface area contributed by atoms with Crippen molar-refractivity contribution in [3.05, 3.63) is 71.8 Å². The number of nitrogens with zero attached hydrogens (tertiary/aromatic N) is 1. The van der Waals surface area contributed by atoms with Crippen LogP contribution in [0.15, 0.2) is 65.8 Å². The zero-order valence-electron chi connectivity index (χ0n) is 13.5. The van der Waals surface area contributed by atoms with Crippen LogP contribution < -0.4 is 11.2 Å². The molecular formula is C18H19N3O3S. The maximum atomic E-state index is 12.7. The number of carbonyl (C=O) groups is 1. The van der Waals surface area contributed by atoms with Crippen LogP contribution in [-0.2, 0) is 20.4 Å². The van der Waals surface area contributed by atoms with Gasteiger partial charge in [-0.15, -0.1) is 0 Å². The molecule has 2 aromatic rings. The number of hydrogen-bond donors (Lipinski definition) is 2. The summed E-state index contributed by atoms with van der Waals surface area (Å²) < 4.78 is 25.5. The van der Waals surface area contributed by atoms with E-state index in [1.165, 1.54) is 0 Å². The Morgan fingerprint density at radius 3 is 2.20 bits per heavy atom. The van der Waals surface area contributed by atoms with Crippen molar-refractivity contribution in [3.8, 4) is 0 Å². The fourth-order valence-electron chi connectivity index (χ4n) is 3.03. The van der Waals surface area contributed by atoms with Gasteiger partial charge in [-0.1, -0.05) is 60.7 Å². The first-order valence-electron chi connectivity index (χ1n) is 7.88. The average Bonchev–Trinajstić information content (AvgIpc) is 2.93. The molecule has 130 valence electrons. The van der Waals surface area contributed by atoms with E-state index < -0.39 is 21.7 Å². The SMILES string of the molecule is NC1=NNC(=O)C1C(CS(=O)(=O)Cc1ccccc1)c1ccccc1. The Morgan fingerprint density at radius 1 is 1.04 bits per heavy atom.